The summed E-state index contributed by atoms with van der Waals surface area (Å²) in [6, 6.07) is 4.49. The van der Waals surface area contributed by atoms with Crippen LogP contribution >= 0.6 is 0 Å². The standard InChI is InChI=1S/C25H28N4/c1-12-11-27-23-15(4)13(2)14(3)22(21(12)23)25(7,8)20-9-18-16(5)19(10-26)17(6)28-24(18)29-20/h9,11,27H,1-8H3,(H,28,29). The minimum atomic E-state index is -0.248. The lowest BCUT2D eigenvalue weighted by Gasteiger charge is -2.29. The Morgan fingerprint density at radius 1 is 0.966 bits per heavy atom. The van der Waals surface area contributed by atoms with Crippen LogP contribution in [-0.4, -0.2) is 15.0 Å². The third-order valence-electron chi connectivity index (χ3n) is 6.83. The average molecular weight is 385 g/mol. The fourth-order valence-electron chi connectivity index (χ4n) is 4.85. The predicted molar refractivity (Wildman–Crippen MR) is 120 cm³/mol. The Bertz CT molecular complexity index is 1340. The summed E-state index contributed by atoms with van der Waals surface area (Å²) in [6.07, 6.45) is 2.11. The minimum absolute atomic E-state index is 0.248. The van der Waals surface area contributed by atoms with Gasteiger partial charge < -0.3 is 9.97 Å². The van der Waals surface area contributed by atoms with E-state index in [0.29, 0.717) is 5.56 Å². The van der Waals surface area contributed by atoms with Crippen LogP contribution < -0.4 is 0 Å². The molecule has 0 atom stereocenters. The van der Waals surface area contributed by atoms with Gasteiger partial charge in [0.05, 0.1) is 11.3 Å². The number of hydrogen-bond acceptors (Lipinski definition) is 2. The van der Waals surface area contributed by atoms with Gasteiger partial charge in [-0.3, -0.25) is 0 Å². The number of hydrogen-bond donors (Lipinski definition) is 2. The van der Waals surface area contributed by atoms with Crippen LogP contribution in [0, 0.1) is 52.9 Å². The first kappa shape index (κ1) is 19.3. The van der Waals surface area contributed by atoms with Crippen molar-refractivity contribution < 1.29 is 0 Å². The lowest BCUT2D eigenvalue weighted by atomic mass is 9.75. The summed E-state index contributed by atoms with van der Waals surface area (Å²) in [5.74, 6) is 0. The van der Waals surface area contributed by atoms with Gasteiger partial charge in [0, 0.05) is 33.6 Å². The monoisotopic (exact) mass is 384 g/mol. The first-order valence-electron chi connectivity index (χ1n) is 10.1. The second-order valence-corrected chi connectivity index (χ2v) is 8.85. The number of nitrogens with zero attached hydrogens (tertiary/aromatic N) is 2. The molecular weight excluding hydrogens is 356 g/mol. The van der Waals surface area contributed by atoms with Crippen LogP contribution in [-0.2, 0) is 5.41 Å². The van der Waals surface area contributed by atoms with Crippen molar-refractivity contribution in [3.8, 4) is 6.07 Å². The molecule has 0 radical (unpaired) electrons. The molecule has 3 heterocycles. The number of nitriles is 1. The van der Waals surface area contributed by atoms with Gasteiger partial charge in [0.1, 0.15) is 11.7 Å². The van der Waals surface area contributed by atoms with E-state index in [1.54, 1.807) is 0 Å². The number of nitrogens with one attached hydrogen (secondary N) is 2. The van der Waals surface area contributed by atoms with E-state index < -0.39 is 0 Å². The maximum atomic E-state index is 9.52. The summed E-state index contributed by atoms with van der Waals surface area (Å²) in [7, 11) is 0. The molecule has 29 heavy (non-hydrogen) atoms. The summed E-state index contributed by atoms with van der Waals surface area (Å²) in [6.45, 7) is 17.3. The molecule has 0 aliphatic carbocycles. The molecule has 1 aromatic carbocycles. The molecule has 0 aliphatic heterocycles. The number of fused-ring (bicyclic) bond motifs is 2. The Morgan fingerprint density at radius 3 is 2.31 bits per heavy atom. The van der Waals surface area contributed by atoms with E-state index in [4.69, 9.17) is 0 Å². The van der Waals surface area contributed by atoms with E-state index in [2.05, 4.69) is 74.8 Å². The maximum absolute atomic E-state index is 9.52. The molecule has 148 valence electrons. The first-order chi connectivity index (χ1) is 13.6. The zero-order valence-electron chi connectivity index (χ0n) is 18.5. The summed E-state index contributed by atoms with van der Waals surface area (Å²) < 4.78 is 0. The van der Waals surface area contributed by atoms with Crippen molar-refractivity contribution in [2.24, 2.45) is 0 Å². The van der Waals surface area contributed by atoms with Gasteiger partial charge in [-0.15, -0.1) is 0 Å². The van der Waals surface area contributed by atoms with Gasteiger partial charge in [0.15, 0.2) is 0 Å². The number of benzene rings is 1. The van der Waals surface area contributed by atoms with E-state index in [-0.39, 0.29) is 5.41 Å². The Kier molecular flexibility index (Phi) is 4.13. The number of aryl methyl sites for hydroxylation is 4. The third-order valence-corrected chi connectivity index (χ3v) is 6.83. The molecule has 0 saturated heterocycles. The van der Waals surface area contributed by atoms with Crippen molar-refractivity contribution in [2.45, 2.75) is 60.8 Å². The molecule has 0 saturated carbocycles. The van der Waals surface area contributed by atoms with Crippen molar-refractivity contribution in [3.63, 3.8) is 0 Å². The molecule has 0 fully saturated rings. The molecule has 0 unspecified atom stereocenters. The summed E-state index contributed by atoms with van der Waals surface area (Å²) in [5.41, 5.74) is 12.0. The molecule has 0 spiro atoms. The molecular formula is C25H28N4. The number of aromatic nitrogens is 3. The second kappa shape index (κ2) is 6.22. The Morgan fingerprint density at radius 2 is 1.66 bits per heavy atom. The molecule has 4 nitrogen and oxygen atoms in total. The van der Waals surface area contributed by atoms with Crippen molar-refractivity contribution in [3.05, 3.63) is 62.6 Å². The van der Waals surface area contributed by atoms with Gasteiger partial charge in [0.25, 0.3) is 0 Å². The van der Waals surface area contributed by atoms with Gasteiger partial charge in [-0.05, 0) is 81.0 Å². The summed E-state index contributed by atoms with van der Waals surface area (Å²) in [4.78, 5) is 11.7. The van der Waals surface area contributed by atoms with Gasteiger partial charge in [-0.2, -0.15) is 5.26 Å². The van der Waals surface area contributed by atoms with E-state index in [0.717, 1.165) is 28.0 Å². The highest BCUT2D eigenvalue weighted by molar-refractivity contribution is 5.93. The molecule has 4 aromatic rings. The van der Waals surface area contributed by atoms with Crippen LogP contribution in [0.1, 0.15) is 64.2 Å². The van der Waals surface area contributed by atoms with Crippen LogP contribution in [0.4, 0.5) is 0 Å². The van der Waals surface area contributed by atoms with E-state index in [1.165, 1.54) is 38.7 Å². The Balaban J connectivity index is 2.06. The smallest absolute Gasteiger partial charge is 0.138 e. The normalized spacial score (nSPS) is 12.1. The lowest BCUT2D eigenvalue weighted by molar-refractivity contribution is 0.623. The van der Waals surface area contributed by atoms with Crippen molar-refractivity contribution >= 4 is 21.9 Å². The SMILES string of the molecule is Cc1nc2[nH]c(C(C)(C)c3c(C)c(C)c(C)c4[nH]cc(C)c34)cc2c(C)c1C#N. The third kappa shape index (κ3) is 2.54. The number of rotatable bonds is 2. The summed E-state index contributed by atoms with van der Waals surface area (Å²) >= 11 is 0. The van der Waals surface area contributed by atoms with Gasteiger partial charge in [-0.25, -0.2) is 4.98 Å². The Labute approximate surface area is 172 Å². The minimum Gasteiger partial charge on any atom is -0.361 e. The van der Waals surface area contributed by atoms with Gasteiger partial charge in [0.2, 0.25) is 0 Å². The van der Waals surface area contributed by atoms with Gasteiger partial charge in [-0.1, -0.05) is 13.8 Å². The summed E-state index contributed by atoms with van der Waals surface area (Å²) in [5, 5.41) is 11.9. The molecule has 2 N–H and O–H groups in total. The van der Waals surface area contributed by atoms with Crippen LogP contribution in [0.3, 0.4) is 0 Å². The van der Waals surface area contributed by atoms with Crippen molar-refractivity contribution in [2.75, 3.05) is 0 Å². The topological polar surface area (TPSA) is 68.3 Å². The van der Waals surface area contributed by atoms with E-state index >= 15 is 0 Å². The highest BCUT2D eigenvalue weighted by Gasteiger charge is 2.32. The average Bonchev–Trinajstić information content (AvgIpc) is 3.25. The predicted octanol–water partition coefficient (Wildman–Crippen LogP) is 6.09. The van der Waals surface area contributed by atoms with Crippen LogP contribution in [0.25, 0.3) is 21.9 Å². The largest absolute Gasteiger partial charge is 0.361 e. The Hall–Kier alpha value is -3.06. The van der Waals surface area contributed by atoms with Gasteiger partial charge >= 0.3 is 0 Å². The molecule has 4 rings (SSSR count). The van der Waals surface area contributed by atoms with Crippen molar-refractivity contribution in [1.82, 2.24) is 15.0 Å². The zero-order valence-corrected chi connectivity index (χ0v) is 18.5. The van der Waals surface area contributed by atoms with Crippen LogP contribution in [0.2, 0.25) is 0 Å². The van der Waals surface area contributed by atoms with E-state index in [1.807, 2.05) is 13.8 Å². The highest BCUT2D eigenvalue weighted by Crippen LogP contribution is 2.42. The molecule has 0 amide bonds. The fraction of sp³-hybridized carbons (Fsp3) is 0.360. The number of aromatic amines is 2. The molecule has 0 aliphatic rings. The fourth-order valence-corrected chi connectivity index (χ4v) is 4.85. The second-order valence-electron chi connectivity index (χ2n) is 8.85. The molecule has 4 heteroatoms. The molecule has 0 bridgehead atoms. The van der Waals surface area contributed by atoms with Crippen LogP contribution in [0.15, 0.2) is 12.3 Å². The molecule has 3 aromatic heterocycles. The van der Waals surface area contributed by atoms with Crippen molar-refractivity contribution in [1.29, 1.82) is 5.26 Å². The number of pyridine rings is 1. The lowest BCUT2D eigenvalue weighted by Crippen LogP contribution is -2.22. The van der Waals surface area contributed by atoms with E-state index in [9.17, 15) is 5.26 Å². The first-order valence-corrected chi connectivity index (χ1v) is 10.1. The number of H-pyrrole nitrogens is 2. The zero-order chi connectivity index (χ0) is 21.2. The maximum Gasteiger partial charge on any atom is 0.138 e. The highest BCUT2D eigenvalue weighted by atomic mass is 14.9. The quantitative estimate of drug-likeness (QED) is 0.439. The van der Waals surface area contributed by atoms with Crippen LogP contribution in [0.5, 0.6) is 0 Å².